The van der Waals surface area contributed by atoms with Gasteiger partial charge in [0.25, 0.3) is 0 Å². The van der Waals surface area contributed by atoms with E-state index in [1.165, 1.54) is 0 Å². The molecule has 1 amide bonds. The Labute approximate surface area is 146 Å². The largest absolute Gasteiger partial charge is 0.326 e. The number of rotatable bonds is 5. The van der Waals surface area contributed by atoms with Gasteiger partial charge in [0, 0.05) is 22.3 Å². The van der Waals surface area contributed by atoms with E-state index in [1.54, 1.807) is 24.3 Å². The Balaban J connectivity index is 1.61. The van der Waals surface area contributed by atoms with E-state index in [1.807, 2.05) is 24.3 Å². The first-order chi connectivity index (χ1) is 11.3. The Kier molecular flexibility index (Phi) is 4.51. The Morgan fingerprint density at radius 1 is 1.08 bits per heavy atom. The summed E-state index contributed by atoms with van der Waals surface area (Å²) in [7, 11) is -3.31. The van der Waals surface area contributed by atoms with Crippen molar-refractivity contribution in [3.8, 4) is 0 Å². The number of nitrogens with one attached hydrogen (secondary N) is 2. The van der Waals surface area contributed by atoms with Gasteiger partial charge < -0.3 is 5.32 Å². The minimum atomic E-state index is -3.31. The number of amides is 1. The molecule has 5 nitrogen and oxygen atoms in total. The Morgan fingerprint density at radius 3 is 2.33 bits per heavy atom. The quantitative estimate of drug-likeness (QED) is 0.853. The van der Waals surface area contributed by atoms with Gasteiger partial charge in [-0.15, -0.1) is 0 Å². The van der Waals surface area contributed by atoms with Crippen LogP contribution in [-0.2, 0) is 14.8 Å². The Bertz CT molecular complexity index is 866. The normalized spacial score (nSPS) is 19.6. The van der Waals surface area contributed by atoms with E-state index < -0.39 is 10.0 Å². The fourth-order valence-corrected chi connectivity index (χ4v) is 3.52. The molecule has 2 aromatic carbocycles. The number of carbonyl (C=O) groups excluding carboxylic acids is 1. The van der Waals surface area contributed by atoms with Crippen molar-refractivity contribution in [1.29, 1.82) is 0 Å². The van der Waals surface area contributed by atoms with Crippen molar-refractivity contribution < 1.29 is 13.2 Å². The van der Waals surface area contributed by atoms with Gasteiger partial charge in [0.05, 0.1) is 6.26 Å². The van der Waals surface area contributed by atoms with Gasteiger partial charge in [0.2, 0.25) is 15.9 Å². The van der Waals surface area contributed by atoms with Crippen molar-refractivity contribution >= 4 is 38.9 Å². The molecule has 7 heteroatoms. The minimum Gasteiger partial charge on any atom is -0.326 e. The molecule has 0 heterocycles. The van der Waals surface area contributed by atoms with Crippen LogP contribution in [0.25, 0.3) is 0 Å². The molecule has 0 saturated heterocycles. The first kappa shape index (κ1) is 16.8. The van der Waals surface area contributed by atoms with Crippen molar-refractivity contribution in [1.82, 2.24) is 0 Å². The van der Waals surface area contributed by atoms with Crippen LogP contribution in [0.15, 0.2) is 48.5 Å². The number of hydrogen-bond donors (Lipinski definition) is 2. The Morgan fingerprint density at radius 2 is 1.71 bits per heavy atom. The molecule has 2 N–H and O–H groups in total. The van der Waals surface area contributed by atoms with E-state index in [2.05, 4.69) is 10.0 Å². The molecule has 1 aliphatic carbocycles. The van der Waals surface area contributed by atoms with Crippen LogP contribution in [0.1, 0.15) is 17.9 Å². The highest BCUT2D eigenvalue weighted by molar-refractivity contribution is 7.92. The van der Waals surface area contributed by atoms with Gasteiger partial charge in [-0.2, -0.15) is 0 Å². The molecule has 0 aromatic heterocycles. The van der Waals surface area contributed by atoms with E-state index >= 15 is 0 Å². The smallest absolute Gasteiger partial charge is 0.229 e. The maximum Gasteiger partial charge on any atom is 0.229 e. The van der Waals surface area contributed by atoms with Crippen molar-refractivity contribution in [3.05, 3.63) is 59.1 Å². The Hall–Kier alpha value is -2.05. The molecule has 3 rings (SSSR count). The number of carbonyl (C=O) groups is 1. The molecule has 0 radical (unpaired) electrons. The molecule has 0 unspecified atom stereocenters. The summed E-state index contributed by atoms with van der Waals surface area (Å²) in [5, 5.41) is 3.54. The molecule has 1 aliphatic rings. The van der Waals surface area contributed by atoms with Gasteiger partial charge in [-0.25, -0.2) is 8.42 Å². The molecule has 2 aromatic rings. The highest BCUT2D eigenvalue weighted by atomic mass is 35.5. The lowest BCUT2D eigenvalue weighted by Gasteiger charge is -2.08. The van der Waals surface area contributed by atoms with Crippen LogP contribution in [0.3, 0.4) is 0 Å². The van der Waals surface area contributed by atoms with Crippen molar-refractivity contribution in [3.63, 3.8) is 0 Å². The summed E-state index contributed by atoms with van der Waals surface area (Å²) in [6.45, 7) is 0. The SMILES string of the molecule is CS(=O)(=O)Nc1ccc(NC(=O)[C@@H]2C[C@H]2c2ccccc2Cl)cc1. The fraction of sp³-hybridized carbons (Fsp3) is 0.235. The lowest BCUT2D eigenvalue weighted by Crippen LogP contribution is -2.15. The molecule has 1 fully saturated rings. The molecule has 126 valence electrons. The molecule has 0 aliphatic heterocycles. The molecule has 24 heavy (non-hydrogen) atoms. The van der Waals surface area contributed by atoms with Crippen LogP contribution < -0.4 is 10.0 Å². The number of benzene rings is 2. The van der Waals surface area contributed by atoms with Gasteiger partial charge >= 0.3 is 0 Å². The monoisotopic (exact) mass is 364 g/mol. The third kappa shape index (κ3) is 4.07. The summed E-state index contributed by atoms with van der Waals surface area (Å²) in [5.41, 5.74) is 2.09. The minimum absolute atomic E-state index is 0.0521. The van der Waals surface area contributed by atoms with E-state index in [4.69, 9.17) is 11.6 Å². The molecule has 0 spiro atoms. The molecular weight excluding hydrogens is 348 g/mol. The highest BCUT2D eigenvalue weighted by Crippen LogP contribution is 2.49. The van der Waals surface area contributed by atoms with Crippen LogP contribution >= 0.6 is 11.6 Å². The first-order valence-corrected chi connectivity index (χ1v) is 9.73. The summed E-state index contributed by atoms with van der Waals surface area (Å²) < 4.78 is 24.7. The standard InChI is InChI=1S/C17H17ClN2O3S/c1-24(22,23)20-12-8-6-11(7-9-12)19-17(21)15-10-14(15)13-4-2-3-5-16(13)18/h2-9,14-15,20H,10H2,1H3,(H,19,21)/t14-,15+/m0/s1. The highest BCUT2D eigenvalue weighted by Gasteiger charge is 2.44. The van der Waals surface area contributed by atoms with Crippen molar-refractivity contribution in [2.45, 2.75) is 12.3 Å². The van der Waals surface area contributed by atoms with E-state index in [9.17, 15) is 13.2 Å². The fourth-order valence-electron chi connectivity index (χ4n) is 2.67. The second-order valence-electron chi connectivity index (χ2n) is 5.91. The number of hydrogen-bond acceptors (Lipinski definition) is 3. The van der Waals surface area contributed by atoms with Crippen LogP contribution in [-0.4, -0.2) is 20.6 Å². The zero-order chi connectivity index (χ0) is 17.3. The van der Waals surface area contributed by atoms with Gasteiger partial charge in [-0.05, 0) is 48.2 Å². The predicted octanol–water partition coefficient (Wildman–Crippen LogP) is 3.45. The topological polar surface area (TPSA) is 75.3 Å². The van der Waals surface area contributed by atoms with Crippen molar-refractivity contribution in [2.75, 3.05) is 16.3 Å². The summed E-state index contributed by atoms with van der Waals surface area (Å²) >= 11 is 6.17. The van der Waals surface area contributed by atoms with Crippen LogP contribution in [0, 0.1) is 5.92 Å². The zero-order valence-electron chi connectivity index (χ0n) is 13.0. The molecule has 1 saturated carbocycles. The molecule has 0 bridgehead atoms. The maximum absolute atomic E-state index is 12.3. The van der Waals surface area contributed by atoms with Crippen LogP contribution in [0.5, 0.6) is 0 Å². The third-order valence-electron chi connectivity index (χ3n) is 3.89. The van der Waals surface area contributed by atoms with Crippen LogP contribution in [0.2, 0.25) is 5.02 Å². The number of anilines is 2. The summed E-state index contributed by atoms with van der Waals surface area (Å²) in [6.07, 6.45) is 1.87. The summed E-state index contributed by atoms with van der Waals surface area (Å²) in [6, 6.07) is 14.1. The third-order valence-corrected chi connectivity index (χ3v) is 4.84. The van der Waals surface area contributed by atoms with Gasteiger partial charge in [0.1, 0.15) is 0 Å². The second kappa shape index (κ2) is 6.45. The number of halogens is 1. The predicted molar refractivity (Wildman–Crippen MR) is 95.8 cm³/mol. The van der Waals surface area contributed by atoms with Crippen LogP contribution in [0.4, 0.5) is 11.4 Å². The van der Waals surface area contributed by atoms with Gasteiger partial charge in [-0.3, -0.25) is 9.52 Å². The van der Waals surface area contributed by atoms with E-state index in [0.717, 1.165) is 18.2 Å². The zero-order valence-corrected chi connectivity index (χ0v) is 14.6. The summed E-state index contributed by atoms with van der Waals surface area (Å²) in [4.78, 5) is 12.3. The maximum atomic E-state index is 12.3. The van der Waals surface area contributed by atoms with Gasteiger partial charge in [-0.1, -0.05) is 29.8 Å². The lowest BCUT2D eigenvalue weighted by atomic mass is 10.1. The summed E-state index contributed by atoms with van der Waals surface area (Å²) in [5.74, 6) is 0.0207. The lowest BCUT2D eigenvalue weighted by molar-refractivity contribution is -0.117. The average Bonchev–Trinajstić information content (AvgIpc) is 3.29. The second-order valence-corrected chi connectivity index (χ2v) is 8.07. The number of sulfonamides is 1. The average molecular weight is 365 g/mol. The van der Waals surface area contributed by atoms with E-state index in [0.29, 0.717) is 16.4 Å². The molecular formula is C17H17ClN2O3S. The van der Waals surface area contributed by atoms with Crippen molar-refractivity contribution in [2.24, 2.45) is 5.92 Å². The molecule has 2 atom stereocenters. The van der Waals surface area contributed by atoms with E-state index in [-0.39, 0.29) is 17.7 Å². The van der Waals surface area contributed by atoms with Gasteiger partial charge in [0.15, 0.2) is 0 Å². The first-order valence-electron chi connectivity index (χ1n) is 7.46.